The second-order valence-corrected chi connectivity index (χ2v) is 6.87. The van der Waals surface area contributed by atoms with Crippen LogP contribution in [0.25, 0.3) is 10.9 Å². The number of aryl methyl sites for hydroxylation is 3. The molecule has 1 aromatic carbocycles. The van der Waals surface area contributed by atoms with Crippen LogP contribution >= 0.6 is 11.6 Å². The lowest BCUT2D eigenvalue weighted by atomic mass is 10.1. The summed E-state index contributed by atoms with van der Waals surface area (Å²) in [5.41, 5.74) is 3.64. The molecule has 0 aliphatic carbocycles. The first-order valence-electron chi connectivity index (χ1n) is 8.40. The summed E-state index contributed by atoms with van der Waals surface area (Å²) in [6, 6.07) is 6.97. The molecular weight excluding hydrogens is 352 g/mol. The second kappa shape index (κ2) is 7.33. The Morgan fingerprint density at radius 2 is 2.00 bits per heavy atom. The van der Waals surface area contributed by atoms with Crippen molar-refractivity contribution in [3.8, 4) is 0 Å². The highest BCUT2D eigenvalue weighted by Gasteiger charge is 2.15. The predicted molar refractivity (Wildman–Crippen MR) is 103 cm³/mol. The molecule has 6 nitrogen and oxygen atoms in total. The molecule has 2 amide bonds. The van der Waals surface area contributed by atoms with Gasteiger partial charge in [-0.1, -0.05) is 22.8 Å². The summed E-state index contributed by atoms with van der Waals surface area (Å²) in [5.74, 6) is 1.25. The van der Waals surface area contributed by atoms with Gasteiger partial charge in [-0.2, -0.15) is 0 Å². The largest absolute Gasteiger partial charge is 0.361 e. The van der Waals surface area contributed by atoms with E-state index in [2.05, 4.69) is 20.8 Å². The highest BCUT2D eigenvalue weighted by atomic mass is 35.5. The molecule has 1 atom stereocenters. The van der Waals surface area contributed by atoms with Gasteiger partial charge in [0.05, 0.1) is 11.2 Å². The summed E-state index contributed by atoms with van der Waals surface area (Å²) in [6.07, 6.45) is 0.647. The van der Waals surface area contributed by atoms with Gasteiger partial charge in [0.1, 0.15) is 11.6 Å². The molecular formula is C19H21ClN4O2. The number of benzene rings is 1. The molecule has 0 unspecified atom stereocenters. The van der Waals surface area contributed by atoms with Crippen molar-refractivity contribution in [2.45, 2.75) is 40.2 Å². The van der Waals surface area contributed by atoms with Crippen LogP contribution in [0, 0.1) is 20.8 Å². The summed E-state index contributed by atoms with van der Waals surface area (Å²) in [4.78, 5) is 16.8. The number of hydrogen-bond acceptors (Lipinski definition) is 4. The third-order valence-electron chi connectivity index (χ3n) is 4.32. The molecule has 7 heteroatoms. The summed E-state index contributed by atoms with van der Waals surface area (Å²) < 4.78 is 5.16. The zero-order valence-corrected chi connectivity index (χ0v) is 15.9. The van der Waals surface area contributed by atoms with Gasteiger partial charge in [-0.3, -0.25) is 5.32 Å². The van der Waals surface area contributed by atoms with Gasteiger partial charge in [-0.05, 0) is 57.9 Å². The Bertz CT molecular complexity index is 948. The first-order valence-corrected chi connectivity index (χ1v) is 8.78. The number of fused-ring (bicyclic) bond motifs is 1. The number of carbonyl (C=O) groups is 1. The molecule has 2 aromatic heterocycles. The van der Waals surface area contributed by atoms with E-state index in [4.69, 9.17) is 16.1 Å². The highest BCUT2D eigenvalue weighted by molar-refractivity contribution is 6.35. The van der Waals surface area contributed by atoms with Gasteiger partial charge in [0, 0.05) is 22.0 Å². The standard InChI is InChI=1S/C19H21ClN4O2/c1-10-5-7-16(20)14-6-8-17(22-18(10)14)23-19(25)21-11(2)9-15-12(3)24-26-13(15)4/h5-8,11H,9H2,1-4H3,(H2,21,22,23,25)/t11-/m0/s1. The van der Waals surface area contributed by atoms with Gasteiger partial charge in [-0.15, -0.1) is 0 Å². The number of rotatable bonds is 4. The fourth-order valence-electron chi connectivity index (χ4n) is 2.92. The van der Waals surface area contributed by atoms with Crippen molar-refractivity contribution < 1.29 is 9.32 Å². The maximum Gasteiger partial charge on any atom is 0.320 e. The van der Waals surface area contributed by atoms with Gasteiger partial charge in [0.25, 0.3) is 0 Å². The number of nitrogens with zero attached hydrogens (tertiary/aromatic N) is 2. The van der Waals surface area contributed by atoms with Gasteiger partial charge < -0.3 is 9.84 Å². The summed E-state index contributed by atoms with van der Waals surface area (Å²) >= 11 is 6.20. The maximum atomic E-state index is 12.3. The molecule has 2 N–H and O–H groups in total. The Kier molecular flexibility index (Phi) is 5.13. The molecule has 0 aliphatic heterocycles. The van der Waals surface area contributed by atoms with Crippen LogP contribution in [-0.4, -0.2) is 22.2 Å². The van der Waals surface area contributed by atoms with Gasteiger partial charge in [0.2, 0.25) is 0 Å². The van der Waals surface area contributed by atoms with Crippen molar-refractivity contribution in [3.63, 3.8) is 0 Å². The van der Waals surface area contributed by atoms with Crippen molar-refractivity contribution >= 4 is 34.4 Å². The van der Waals surface area contributed by atoms with E-state index in [9.17, 15) is 4.79 Å². The SMILES string of the molecule is Cc1noc(C)c1C[C@H](C)NC(=O)Nc1ccc2c(Cl)ccc(C)c2n1. The highest BCUT2D eigenvalue weighted by Crippen LogP contribution is 2.26. The van der Waals surface area contributed by atoms with Crippen LogP contribution < -0.4 is 10.6 Å². The number of carbonyl (C=O) groups excluding carboxylic acids is 1. The number of nitrogens with one attached hydrogen (secondary N) is 2. The average molecular weight is 373 g/mol. The first kappa shape index (κ1) is 18.2. The Labute approximate surface area is 156 Å². The minimum Gasteiger partial charge on any atom is -0.361 e. The molecule has 0 bridgehead atoms. The minimum atomic E-state index is -0.309. The Balaban J connectivity index is 1.68. The van der Waals surface area contributed by atoms with Crippen molar-refractivity contribution in [1.82, 2.24) is 15.5 Å². The maximum absolute atomic E-state index is 12.3. The third-order valence-corrected chi connectivity index (χ3v) is 4.65. The van der Waals surface area contributed by atoms with Gasteiger partial charge in [0.15, 0.2) is 0 Å². The van der Waals surface area contributed by atoms with Crippen LogP contribution in [0.5, 0.6) is 0 Å². The number of hydrogen-bond donors (Lipinski definition) is 2. The Morgan fingerprint density at radius 3 is 2.69 bits per heavy atom. The van der Waals surface area contributed by atoms with E-state index in [0.717, 1.165) is 33.5 Å². The lowest BCUT2D eigenvalue weighted by Crippen LogP contribution is -2.37. The third kappa shape index (κ3) is 3.80. The molecule has 0 saturated carbocycles. The Hall–Kier alpha value is -2.60. The van der Waals surface area contributed by atoms with Crippen LogP contribution in [0.4, 0.5) is 10.6 Å². The number of amides is 2. The molecule has 0 saturated heterocycles. The van der Waals surface area contributed by atoms with E-state index in [-0.39, 0.29) is 12.1 Å². The molecule has 136 valence electrons. The fraction of sp³-hybridized carbons (Fsp3) is 0.316. The zero-order chi connectivity index (χ0) is 18.8. The molecule has 0 radical (unpaired) electrons. The molecule has 0 spiro atoms. The van der Waals surface area contributed by atoms with Crippen LogP contribution in [-0.2, 0) is 6.42 Å². The van der Waals surface area contributed by atoms with Crippen LogP contribution in [0.3, 0.4) is 0 Å². The predicted octanol–water partition coefficient (Wildman–Crippen LogP) is 4.55. The van der Waals surface area contributed by atoms with E-state index in [1.165, 1.54) is 0 Å². The van der Waals surface area contributed by atoms with Crippen molar-refractivity contribution in [1.29, 1.82) is 0 Å². The quantitative estimate of drug-likeness (QED) is 0.703. The number of pyridine rings is 1. The van der Waals surface area contributed by atoms with Gasteiger partial charge >= 0.3 is 6.03 Å². The average Bonchev–Trinajstić information content (AvgIpc) is 2.90. The number of anilines is 1. The number of aromatic nitrogens is 2. The van der Waals surface area contributed by atoms with Crippen molar-refractivity contribution in [2.24, 2.45) is 0 Å². The van der Waals surface area contributed by atoms with Crippen molar-refractivity contribution in [3.05, 3.63) is 51.9 Å². The smallest absolute Gasteiger partial charge is 0.320 e. The van der Waals surface area contributed by atoms with Crippen LogP contribution in [0.15, 0.2) is 28.8 Å². The molecule has 0 aliphatic rings. The van der Waals surface area contributed by atoms with E-state index < -0.39 is 0 Å². The van der Waals surface area contributed by atoms with Crippen LogP contribution in [0.2, 0.25) is 5.02 Å². The van der Waals surface area contributed by atoms with E-state index >= 15 is 0 Å². The first-order chi connectivity index (χ1) is 12.3. The van der Waals surface area contributed by atoms with E-state index in [1.54, 1.807) is 6.07 Å². The van der Waals surface area contributed by atoms with E-state index in [1.807, 2.05) is 45.9 Å². The van der Waals surface area contributed by atoms with Crippen LogP contribution in [0.1, 0.15) is 29.5 Å². The molecule has 2 heterocycles. The monoisotopic (exact) mass is 372 g/mol. The number of urea groups is 1. The zero-order valence-electron chi connectivity index (χ0n) is 15.2. The normalized spacial score (nSPS) is 12.2. The van der Waals surface area contributed by atoms with E-state index in [0.29, 0.717) is 17.3 Å². The summed E-state index contributed by atoms with van der Waals surface area (Å²) in [5, 5.41) is 11.1. The van der Waals surface area contributed by atoms with Crippen molar-refractivity contribution in [2.75, 3.05) is 5.32 Å². The second-order valence-electron chi connectivity index (χ2n) is 6.46. The lowest BCUT2D eigenvalue weighted by molar-refractivity contribution is 0.249. The number of halogens is 1. The molecule has 26 heavy (non-hydrogen) atoms. The topological polar surface area (TPSA) is 80.0 Å². The molecule has 0 fully saturated rings. The molecule has 3 rings (SSSR count). The fourth-order valence-corrected chi connectivity index (χ4v) is 3.13. The summed E-state index contributed by atoms with van der Waals surface area (Å²) in [7, 11) is 0. The van der Waals surface area contributed by atoms with Gasteiger partial charge in [-0.25, -0.2) is 9.78 Å². The minimum absolute atomic E-state index is 0.0802. The molecule has 3 aromatic rings. The Morgan fingerprint density at radius 1 is 1.23 bits per heavy atom. The lowest BCUT2D eigenvalue weighted by Gasteiger charge is -2.14. The summed E-state index contributed by atoms with van der Waals surface area (Å²) in [6.45, 7) is 7.66.